The Bertz CT molecular complexity index is 475. The van der Waals surface area contributed by atoms with Gasteiger partial charge in [-0.25, -0.2) is 0 Å². The van der Waals surface area contributed by atoms with E-state index < -0.39 is 16.6 Å². The Labute approximate surface area is 166 Å². The molecule has 0 spiro atoms. The van der Waals surface area contributed by atoms with Crippen LogP contribution < -0.4 is 0 Å². The Hall–Kier alpha value is -0.166. The summed E-state index contributed by atoms with van der Waals surface area (Å²) in [5, 5.41) is 0.414. The highest BCUT2D eigenvalue weighted by atomic mass is 28.4. The van der Waals surface area contributed by atoms with E-state index in [9.17, 15) is 0 Å². The van der Waals surface area contributed by atoms with E-state index >= 15 is 0 Å². The lowest BCUT2D eigenvalue weighted by Gasteiger charge is -2.42. The van der Waals surface area contributed by atoms with Crippen LogP contribution in [0.1, 0.15) is 61.8 Å². The summed E-state index contributed by atoms with van der Waals surface area (Å²) < 4.78 is 13.4. The lowest BCUT2D eigenvalue weighted by atomic mass is 9.98. The van der Waals surface area contributed by atoms with E-state index in [1.54, 1.807) is 0 Å². The van der Waals surface area contributed by atoms with Crippen molar-refractivity contribution in [2.24, 2.45) is 5.92 Å². The van der Waals surface area contributed by atoms with Crippen molar-refractivity contribution in [1.29, 1.82) is 0 Å². The summed E-state index contributed by atoms with van der Waals surface area (Å²) in [4.78, 5) is 0. The van der Waals surface area contributed by atoms with Gasteiger partial charge in [-0.2, -0.15) is 0 Å². The molecule has 0 fully saturated rings. The molecular formula is C22H46O2Si2. The molecule has 2 atom stereocenters. The molecule has 0 saturated carbocycles. The topological polar surface area (TPSA) is 18.5 Å². The largest absolute Gasteiger partial charge is 0.416 e. The third-order valence-corrected chi connectivity index (χ3v) is 15.1. The first-order chi connectivity index (χ1) is 11.4. The normalized spacial score (nSPS) is 16.2. The maximum absolute atomic E-state index is 6.83. The van der Waals surface area contributed by atoms with E-state index in [2.05, 4.69) is 94.2 Å². The van der Waals surface area contributed by atoms with Crippen LogP contribution in [0.15, 0.2) is 24.3 Å². The molecule has 154 valence electrons. The molecule has 0 aliphatic carbocycles. The van der Waals surface area contributed by atoms with Crippen molar-refractivity contribution >= 4 is 16.6 Å². The smallest absolute Gasteiger partial charge is 0.192 e. The van der Waals surface area contributed by atoms with Crippen molar-refractivity contribution in [2.75, 3.05) is 6.61 Å². The van der Waals surface area contributed by atoms with E-state index in [4.69, 9.17) is 8.85 Å². The quantitative estimate of drug-likeness (QED) is 0.295. The summed E-state index contributed by atoms with van der Waals surface area (Å²) in [5.41, 5.74) is 1.30. The fourth-order valence-corrected chi connectivity index (χ4v) is 4.51. The molecule has 0 saturated heterocycles. The summed E-state index contributed by atoms with van der Waals surface area (Å²) in [6.07, 6.45) is 5.31. The Morgan fingerprint density at radius 1 is 0.923 bits per heavy atom. The van der Waals surface area contributed by atoms with Crippen molar-refractivity contribution in [2.45, 2.75) is 104 Å². The molecule has 0 aromatic carbocycles. The van der Waals surface area contributed by atoms with Gasteiger partial charge in [0.15, 0.2) is 16.6 Å². The van der Waals surface area contributed by atoms with E-state index in [0.29, 0.717) is 5.92 Å². The molecular weight excluding hydrogens is 352 g/mol. The summed E-state index contributed by atoms with van der Waals surface area (Å²) in [6, 6.07) is 0. The highest BCUT2D eigenvalue weighted by molar-refractivity contribution is 6.74. The van der Waals surface area contributed by atoms with Gasteiger partial charge in [-0.15, -0.1) is 6.58 Å². The zero-order valence-corrected chi connectivity index (χ0v) is 21.7. The zero-order valence-electron chi connectivity index (χ0n) is 19.7. The van der Waals surface area contributed by atoms with E-state index in [1.165, 1.54) is 5.57 Å². The van der Waals surface area contributed by atoms with E-state index in [-0.39, 0.29) is 16.2 Å². The van der Waals surface area contributed by atoms with Crippen LogP contribution in [0, 0.1) is 5.92 Å². The van der Waals surface area contributed by atoms with Gasteiger partial charge in [-0.05, 0) is 56.5 Å². The Kier molecular flexibility index (Phi) is 9.29. The molecule has 4 heteroatoms. The van der Waals surface area contributed by atoms with Gasteiger partial charge in [0.2, 0.25) is 0 Å². The van der Waals surface area contributed by atoms with Crippen LogP contribution in [-0.4, -0.2) is 29.3 Å². The Balaban J connectivity index is 5.56. The molecule has 0 amide bonds. The van der Waals surface area contributed by atoms with Crippen molar-refractivity contribution in [1.82, 2.24) is 0 Å². The third-order valence-electron chi connectivity index (χ3n) is 6.13. The molecule has 2 nitrogen and oxygen atoms in total. The van der Waals surface area contributed by atoms with Crippen LogP contribution in [0.25, 0.3) is 0 Å². The van der Waals surface area contributed by atoms with Gasteiger partial charge in [0, 0.05) is 12.5 Å². The van der Waals surface area contributed by atoms with Gasteiger partial charge in [-0.1, -0.05) is 59.3 Å². The molecule has 0 aliphatic heterocycles. The maximum Gasteiger partial charge on any atom is 0.192 e. The predicted molar refractivity (Wildman–Crippen MR) is 123 cm³/mol. The van der Waals surface area contributed by atoms with Gasteiger partial charge in [-0.3, -0.25) is 0 Å². The first-order valence-corrected chi connectivity index (χ1v) is 15.8. The van der Waals surface area contributed by atoms with Gasteiger partial charge in [0.1, 0.15) is 0 Å². The van der Waals surface area contributed by atoms with Crippen LogP contribution in [0.4, 0.5) is 0 Å². The van der Waals surface area contributed by atoms with Gasteiger partial charge in [0.25, 0.3) is 0 Å². The number of hydrogen-bond donors (Lipinski definition) is 0. The average molecular weight is 399 g/mol. The molecule has 0 rings (SSSR count). The first-order valence-electron chi connectivity index (χ1n) is 10.0. The maximum atomic E-state index is 6.83. The molecule has 0 heterocycles. The van der Waals surface area contributed by atoms with Crippen LogP contribution in [0.2, 0.25) is 36.3 Å². The Morgan fingerprint density at radius 2 is 1.38 bits per heavy atom. The number of rotatable bonds is 9. The van der Waals surface area contributed by atoms with Crippen molar-refractivity contribution in [3.63, 3.8) is 0 Å². The minimum atomic E-state index is -1.86. The molecule has 0 aromatic heterocycles. The first kappa shape index (κ1) is 25.8. The molecule has 0 aromatic rings. The monoisotopic (exact) mass is 398 g/mol. The van der Waals surface area contributed by atoms with Crippen LogP contribution >= 0.6 is 0 Å². The SMILES string of the molecule is C=CC[C@H](CO[Si](C)(C)C(C)(C)C)[C@@H](C=C(C)C)O[Si](C)(C)C(C)(C)C. The van der Waals surface area contributed by atoms with E-state index in [1.807, 2.05) is 6.08 Å². The van der Waals surface area contributed by atoms with E-state index in [0.717, 1.165) is 13.0 Å². The van der Waals surface area contributed by atoms with Gasteiger partial charge < -0.3 is 8.85 Å². The number of hydrogen-bond acceptors (Lipinski definition) is 2. The second-order valence-corrected chi connectivity index (χ2v) is 20.5. The second-order valence-electron chi connectivity index (χ2n) is 10.9. The van der Waals surface area contributed by atoms with Crippen molar-refractivity contribution in [3.05, 3.63) is 24.3 Å². The lowest BCUT2D eigenvalue weighted by Crippen LogP contribution is -2.47. The highest BCUT2D eigenvalue weighted by Crippen LogP contribution is 2.40. The van der Waals surface area contributed by atoms with Crippen molar-refractivity contribution in [3.8, 4) is 0 Å². The standard InChI is InChI=1S/C22H46O2Si2/c1-14-15-19(17-23-25(10,11)21(4,5)6)20(16-18(2)3)24-26(12,13)22(7,8)9/h14,16,19-20H,1,15,17H2,2-13H3/t19-,20-/m1/s1. The molecule has 0 N–H and O–H groups in total. The Morgan fingerprint density at radius 3 is 1.73 bits per heavy atom. The summed E-state index contributed by atoms with van der Waals surface area (Å²) in [5.74, 6) is 0.311. The second kappa shape index (κ2) is 9.35. The number of allylic oxidation sites excluding steroid dienone is 2. The summed E-state index contributed by atoms with van der Waals surface area (Å²) >= 11 is 0. The molecule has 26 heavy (non-hydrogen) atoms. The zero-order chi connectivity index (χ0) is 21.0. The average Bonchev–Trinajstić information content (AvgIpc) is 2.39. The van der Waals surface area contributed by atoms with Crippen LogP contribution in [0.3, 0.4) is 0 Å². The molecule has 0 radical (unpaired) electrons. The fraction of sp³-hybridized carbons (Fsp3) is 0.818. The molecule has 0 unspecified atom stereocenters. The van der Waals surface area contributed by atoms with Crippen molar-refractivity contribution < 1.29 is 8.85 Å². The fourth-order valence-electron chi connectivity index (χ4n) is 2.15. The minimum absolute atomic E-state index is 0.0867. The molecule has 0 aliphatic rings. The predicted octanol–water partition coefficient (Wildman–Crippen LogP) is 7.56. The van der Waals surface area contributed by atoms with Crippen LogP contribution in [0.5, 0.6) is 0 Å². The van der Waals surface area contributed by atoms with Gasteiger partial charge >= 0.3 is 0 Å². The van der Waals surface area contributed by atoms with Gasteiger partial charge in [0.05, 0.1) is 6.10 Å². The third kappa shape index (κ3) is 7.83. The highest BCUT2D eigenvalue weighted by Gasteiger charge is 2.41. The molecule has 0 bridgehead atoms. The summed E-state index contributed by atoms with van der Waals surface area (Å²) in [7, 11) is -3.64. The lowest BCUT2D eigenvalue weighted by molar-refractivity contribution is 0.111. The minimum Gasteiger partial charge on any atom is -0.416 e. The summed E-state index contributed by atoms with van der Waals surface area (Å²) in [6.45, 7) is 32.1. The van der Waals surface area contributed by atoms with Crippen LogP contribution in [-0.2, 0) is 8.85 Å².